The smallest absolute Gasteiger partial charge is 0.748 e. The normalized spacial score (nSPS) is 15.0. The van der Waals surface area contributed by atoms with Gasteiger partial charge < -0.3 is 110 Å². The van der Waals surface area contributed by atoms with Crippen LogP contribution in [0, 0.1) is 0 Å². The molecule has 4 aromatic rings. The van der Waals surface area contributed by atoms with Gasteiger partial charge in [-0.1, -0.05) is 24.3 Å². The Hall–Kier alpha value is -1.84. The van der Waals surface area contributed by atoms with E-state index in [4.69, 9.17) is 20.4 Å². The number of aromatic nitrogens is 6. The zero-order chi connectivity index (χ0) is 60.6. The second-order valence-electron chi connectivity index (χ2n) is 17.5. The maximum absolute atomic E-state index is 12.7. The van der Waals surface area contributed by atoms with Gasteiger partial charge in [-0.3, -0.25) is 0 Å². The summed E-state index contributed by atoms with van der Waals surface area (Å²) < 4.78 is 144. The number of nitrogens with zero attached hydrogens (tertiary/aromatic N) is 10. The second kappa shape index (κ2) is 34.9. The van der Waals surface area contributed by atoms with E-state index in [2.05, 4.69) is 40.5 Å². The molecule has 0 amide bonds. The molecule has 0 saturated heterocycles. The molecule has 14 N–H and O–H groups in total. The van der Waals surface area contributed by atoms with Gasteiger partial charge in [0.15, 0.2) is 12.6 Å². The van der Waals surface area contributed by atoms with Crippen LogP contribution in [-0.2, 0) is 40.5 Å². The molecule has 2 aromatic carbocycles. The van der Waals surface area contributed by atoms with Gasteiger partial charge in [0, 0.05) is 65.7 Å². The van der Waals surface area contributed by atoms with Gasteiger partial charge in [-0.05, 0) is 35.4 Å². The molecule has 0 radical (unpaired) electrons. The molecule has 0 fully saturated rings. The van der Waals surface area contributed by atoms with Crippen LogP contribution in [-0.4, -0.2) is 270 Å². The Morgan fingerprint density at radius 1 is 0.440 bits per heavy atom. The van der Waals surface area contributed by atoms with Crippen LogP contribution in [0.4, 0.5) is 47.1 Å². The van der Waals surface area contributed by atoms with Gasteiger partial charge in [0.1, 0.15) is 69.1 Å². The van der Waals surface area contributed by atoms with E-state index in [1.54, 1.807) is 0 Å². The Morgan fingerprint density at radius 3 is 0.988 bits per heavy atom. The van der Waals surface area contributed by atoms with Crippen LogP contribution in [0.3, 0.4) is 0 Å². The maximum atomic E-state index is 12.7. The molecule has 44 heteroatoms. The van der Waals surface area contributed by atoms with Crippen LogP contribution in [0.2, 0.25) is 0 Å². The van der Waals surface area contributed by atoms with Crippen molar-refractivity contribution in [1.82, 2.24) is 29.9 Å². The van der Waals surface area contributed by atoms with Crippen LogP contribution >= 0.6 is 0 Å². The molecule has 84 heavy (non-hydrogen) atoms. The molecule has 36 nitrogen and oxygen atoms in total. The molecule has 0 aliphatic rings. The van der Waals surface area contributed by atoms with E-state index >= 15 is 0 Å². The van der Waals surface area contributed by atoms with Crippen LogP contribution in [0.15, 0.2) is 46.2 Å². The predicted octanol–water partition coefficient (Wildman–Crippen LogP) is -20.1. The molecule has 8 unspecified atom stereocenters. The van der Waals surface area contributed by atoms with E-state index in [-0.39, 0.29) is 165 Å². The van der Waals surface area contributed by atoms with E-state index < -0.39 is 161 Å². The number of nitrogens with one attached hydrogen (secondary N) is 2. The molecule has 0 spiro atoms. The van der Waals surface area contributed by atoms with E-state index in [0.717, 1.165) is 56.0 Å². The Labute approximate surface area is 569 Å². The Bertz CT molecular complexity index is 3070. The number of benzene rings is 2. The number of aliphatic hydroxyl groups is 12. The first-order valence-corrected chi connectivity index (χ1v) is 28.6. The topological polar surface area (TPSA) is 586 Å². The summed E-state index contributed by atoms with van der Waals surface area (Å²) in [5.41, 5.74) is -1.24. The van der Waals surface area contributed by atoms with E-state index in [9.17, 15) is 92.7 Å². The van der Waals surface area contributed by atoms with Gasteiger partial charge >= 0.3 is 118 Å². The van der Waals surface area contributed by atoms with Crippen molar-refractivity contribution in [3.05, 3.63) is 47.5 Å². The summed E-state index contributed by atoms with van der Waals surface area (Å²) in [6.07, 6.45) is -20.6. The summed E-state index contributed by atoms with van der Waals surface area (Å²) >= 11 is 0. The van der Waals surface area contributed by atoms with E-state index in [1.807, 2.05) is 0 Å². The van der Waals surface area contributed by atoms with Gasteiger partial charge in [0.05, 0.1) is 41.5 Å². The van der Waals surface area contributed by atoms with E-state index in [0.29, 0.717) is 0 Å². The fourth-order valence-electron chi connectivity index (χ4n) is 6.72. The predicted molar refractivity (Wildman–Crippen MR) is 271 cm³/mol. The summed E-state index contributed by atoms with van der Waals surface area (Å²) in [4.78, 5) is 27.1. The zero-order valence-corrected chi connectivity index (χ0v) is 57.3. The Balaban J connectivity index is 0.0000172. The molecule has 0 bridgehead atoms. The van der Waals surface area contributed by atoms with Crippen molar-refractivity contribution in [3.8, 4) is 0 Å². The van der Waals surface area contributed by atoms with Crippen LogP contribution in [0.1, 0.15) is 11.1 Å². The molecule has 0 aliphatic carbocycles. The van der Waals surface area contributed by atoms with Crippen molar-refractivity contribution >= 4 is 99.7 Å². The minimum atomic E-state index is -5.43. The third-order valence-electron chi connectivity index (χ3n) is 11.2. The first-order chi connectivity index (χ1) is 36.8. The number of hydrogen-bond acceptors (Lipinski definition) is 36. The number of aliphatic hydroxyl groups excluding tert-OH is 10. The number of likely N-dealkylation sites (N-methyl/N-ethyl adjacent to an activating group) is 2. The third kappa shape index (κ3) is 25.2. The van der Waals surface area contributed by atoms with Gasteiger partial charge in [-0.15, -0.1) is 0 Å². The summed E-state index contributed by atoms with van der Waals surface area (Å²) in [6, 6.07) is 6.00. The molecule has 448 valence electrons. The fraction of sp³-hybridized carbons (Fsp3) is 0.500. The first-order valence-electron chi connectivity index (χ1n) is 22.6. The minimum absolute atomic E-state index is 0. The van der Waals surface area contributed by atoms with Crippen LogP contribution in [0.25, 0.3) is 12.2 Å². The zero-order valence-electron chi connectivity index (χ0n) is 46.0. The fourth-order valence-corrected chi connectivity index (χ4v) is 9.11. The van der Waals surface area contributed by atoms with Gasteiger partial charge in [-0.2, -0.15) is 29.9 Å². The third-order valence-corrected chi connectivity index (χ3v) is 14.3. The van der Waals surface area contributed by atoms with Crippen molar-refractivity contribution in [2.45, 2.75) is 71.2 Å². The summed E-state index contributed by atoms with van der Waals surface area (Å²) in [5, 5.41) is 123. The van der Waals surface area contributed by atoms with Gasteiger partial charge in [-0.25, -0.2) is 33.7 Å². The number of hydrogen-bond donors (Lipinski definition) is 14. The monoisotopic (exact) mass is 1310 g/mol. The number of rotatable bonds is 30. The van der Waals surface area contributed by atoms with Crippen molar-refractivity contribution in [2.24, 2.45) is 0 Å². The second-order valence-corrected chi connectivity index (χ2v) is 23.3. The molecule has 0 saturated carbocycles. The average Bonchev–Trinajstić information content (AvgIpc) is 3.36. The molecular formula is C40H56N12Na4O24S4. The number of anilines is 8. The maximum Gasteiger partial charge on any atom is 1.00 e. The van der Waals surface area contributed by atoms with Gasteiger partial charge in [0.2, 0.25) is 35.7 Å². The summed E-state index contributed by atoms with van der Waals surface area (Å²) in [6.45, 7) is -2.32. The Kier molecular flexibility index (Phi) is 34.2. The molecular weight excluding hydrogens is 1250 g/mol. The van der Waals surface area contributed by atoms with Crippen molar-refractivity contribution in [1.29, 1.82) is 0 Å². The largest absolute Gasteiger partial charge is 1.00 e. The van der Waals surface area contributed by atoms with Crippen molar-refractivity contribution < 1.29 is 231 Å². The molecule has 2 aromatic heterocycles. The van der Waals surface area contributed by atoms with Crippen LogP contribution in [0.5, 0.6) is 0 Å². The molecule has 4 rings (SSSR count). The molecule has 8 atom stereocenters. The van der Waals surface area contributed by atoms with E-state index in [1.165, 1.54) is 40.3 Å². The van der Waals surface area contributed by atoms with Crippen molar-refractivity contribution in [2.75, 3.05) is 96.1 Å². The summed E-state index contributed by atoms with van der Waals surface area (Å²) in [5.74, 6) is -4.30. The average molecular weight is 1310 g/mol. The van der Waals surface area contributed by atoms with Crippen LogP contribution < -0.4 is 148 Å². The first kappa shape index (κ1) is 82.2. The van der Waals surface area contributed by atoms with Gasteiger partial charge in [0.25, 0.3) is 0 Å². The SMILES string of the molecule is CN(CCS(=O)(=O)[O-])c1nc(Nc2ccc(C=Cc3ccc(Nc4nc(N(C)CCS(=O)(=O)[O-])nc(N(C)CC(O)C(O)C(O)C(O)C(O)O)n4)cc3S(=O)(=O)[O-])c(S(=O)(=O)[O-])c2)nc(N(C)CC(O)C(O)C(O)C(O)C(O)O)n1.[Na+].[Na+].[Na+].[Na+]. The summed E-state index contributed by atoms with van der Waals surface area (Å²) in [7, 11) is -15.5. The standard InChI is InChI=1S/C40H60N12O24S4.4Na/c1-49(11-13-77(65,66)67)37-43-35(45-39(47-37)51(3)17-23(53)27(55)29(57)31(59)33(61)62)41-21-9-7-19(25(15-21)79(71,72)73)5-6-20-8-10-22(16-26(20)80(74,75)76)42-36-44-38(50(2)12-14-78(68,69)70)48-40(46-36)52(4)18-24(54)28(56)30(58)32(60)34(63)64;;;;/h5-10,15-16,23-24,27-34,53-64H,11-14,17-18H2,1-4H3,(H,65,66,67)(H,68,69,70)(H,71,72,73)(H,74,75,76)(H,41,43,45,47)(H,42,44,46,48);;;;/q;4*+1/p-4. The molecule has 2 heterocycles. The quantitative estimate of drug-likeness (QED) is 0.00998. The van der Waals surface area contributed by atoms with Crippen molar-refractivity contribution in [3.63, 3.8) is 0 Å². The molecule has 0 aliphatic heterocycles. The Morgan fingerprint density at radius 2 is 0.726 bits per heavy atom. The minimum Gasteiger partial charge on any atom is -0.748 e.